The average molecular weight is 509 g/mol. The molecule has 3 aromatic heterocycles. The van der Waals surface area contributed by atoms with E-state index in [0.29, 0.717) is 41.8 Å². The molecule has 0 aliphatic heterocycles. The Hall–Kier alpha value is -4.03. The van der Waals surface area contributed by atoms with Crippen molar-refractivity contribution in [1.29, 1.82) is 5.26 Å². The van der Waals surface area contributed by atoms with Crippen molar-refractivity contribution in [3.05, 3.63) is 77.8 Å². The SMILES string of the molecule is C[C@H](NCc1cc(C(=O)Nc2cccc(C3(c4nncn4C)CC(CC#N)C3)c2)c2nccn2c1)C1CC1. The van der Waals surface area contributed by atoms with E-state index < -0.39 is 0 Å². The lowest BCUT2D eigenvalue weighted by atomic mass is 9.57. The topological polar surface area (TPSA) is 113 Å². The molecule has 2 N–H and O–H groups in total. The Morgan fingerprint density at radius 3 is 2.87 bits per heavy atom. The van der Waals surface area contributed by atoms with Crippen LogP contribution in [0.3, 0.4) is 0 Å². The van der Waals surface area contributed by atoms with Crippen LogP contribution in [0.2, 0.25) is 0 Å². The number of nitrogens with zero attached hydrogens (tertiary/aromatic N) is 6. The van der Waals surface area contributed by atoms with Gasteiger partial charge in [0.15, 0.2) is 0 Å². The van der Waals surface area contributed by atoms with Crippen molar-refractivity contribution in [3.8, 4) is 6.07 Å². The maximum absolute atomic E-state index is 13.6. The maximum atomic E-state index is 13.6. The van der Waals surface area contributed by atoms with Gasteiger partial charge in [-0.2, -0.15) is 5.26 Å². The van der Waals surface area contributed by atoms with Gasteiger partial charge in [0.1, 0.15) is 17.8 Å². The Balaban J connectivity index is 1.26. The van der Waals surface area contributed by atoms with Crippen LogP contribution in [0, 0.1) is 23.2 Å². The third-order valence-corrected chi connectivity index (χ3v) is 8.21. The molecule has 9 heteroatoms. The molecular formula is C29H32N8O. The Kier molecular flexibility index (Phi) is 6.20. The van der Waals surface area contributed by atoms with Crippen LogP contribution in [0.25, 0.3) is 5.65 Å². The number of hydrogen-bond acceptors (Lipinski definition) is 6. The molecule has 2 fully saturated rings. The number of amides is 1. The third kappa shape index (κ3) is 4.45. The second-order valence-corrected chi connectivity index (χ2v) is 10.9. The highest BCUT2D eigenvalue weighted by molar-refractivity contribution is 6.08. The number of fused-ring (bicyclic) bond motifs is 1. The van der Waals surface area contributed by atoms with Crippen molar-refractivity contribution < 1.29 is 4.79 Å². The van der Waals surface area contributed by atoms with E-state index in [1.807, 2.05) is 52.7 Å². The summed E-state index contributed by atoms with van der Waals surface area (Å²) in [5.41, 5.74) is 3.67. The molecule has 2 aliphatic rings. The fraction of sp³-hybridized carbons (Fsp3) is 0.414. The molecule has 3 heterocycles. The summed E-state index contributed by atoms with van der Waals surface area (Å²) >= 11 is 0. The highest BCUT2D eigenvalue weighted by Gasteiger charge is 2.49. The lowest BCUT2D eigenvalue weighted by Gasteiger charge is -2.46. The zero-order chi connectivity index (χ0) is 26.3. The van der Waals surface area contributed by atoms with E-state index in [9.17, 15) is 10.1 Å². The standard InChI is InChI=1S/C29H32N8O/c1-19(22-6-7-22)32-16-21-12-25(26-31-10-11-37(26)17-21)27(38)34-24-5-3-4-23(13-24)29(14-20(15-29)8-9-30)28-35-33-18-36(28)2/h3-5,10-13,17-20,22,32H,6-8,14-16H2,1-2H3,(H,34,38)/t19-,20?,29?/m0/s1. The summed E-state index contributed by atoms with van der Waals surface area (Å²) in [7, 11) is 1.95. The van der Waals surface area contributed by atoms with Crippen LogP contribution in [0.5, 0.6) is 0 Å². The van der Waals surface area contributed by atoms with Crippen molar-refractivity contribution in [2.45, 2.75) is 57.0 Å². The summed E-state index contributed by atoms with van der Waals surface area (Å²) in [5, 5.41) is 24.5. The first-order valence-corrected chi connectivity index (χ1v) is 13.3. The van der Waals surface area contributed by atoms with Crippen molar-refractivity contribution in [2.24, 2.45) is 18.9 Å². The maximum Gasteiger partial charge on any atom is 0.259 e. The molecule has 0 bridgehead atoms. The Morgan fingerprint density at radius 2 is 2.13 bits per heavy atom. The summed E-state index contributed by atoms with van der Waals surface area (Å²) in [6.45, 7) is 2.93. The normalized spacial score (nSPS) is 21.6. The average Bonchev–Trinajstić information content (AvgIpc) is 3.49. The number of pyridine rings is 1. The first kappa shape index (κ1) is 24.3. The molecule has 0 saturated heterocycles. The van der Waals surface area contributed by atoms with Gasteiger partial charge in [0.05, 0.1) is 17.0 Å². The van der Waals surface area contributed by atoms with Crippen LogP contribution in [0.15, 0.2) is 55.2 Å². The summed E-state index contributed by atoms with van der Waals surface area (Å²) in [6, 6.07) is 12.7. The van der Waals surface area contributed by atoms with Crippen molar-refractivity contribution in [3.63, 3.8) is 0 Å². The lowest BCUT2D eigenvalue weighted by Crippen LogP contribution is -2.44. The fourth-order valence-electron chi connectivity index (χ4n) is 5.95. The van der Waals surface area contributed by atoms with E-state index in [1.54, 1.807) is 12.5 Å². The molecule has 38 heavy (non-hydrogen) atoms. The minimum absolute atomic E-state index is 0.195. The third-order valence-electron chi connectivity index (χ3n) is 8.21. The fourth-order valence-corrected chi connectivity index (χ4v) is 5.95. The van der Waals surface area contributed by atoms with Gasteiger partial charge in [-0.1, -0.05) is 12.1 Å². The molecular weight excluding hydrogens is 476 g/mol. The Morgan fingerprint density at radius 1 is 1.29 bits per heavy atom. The summed E-state index contributed by atoms with van der Waals surface area (Å²) in [4.78, 5) is 18.0. The van der Waals surface area contributed by atoms with Crippen LogP contribution in [-0.2, 0) is 19.0 Å². The van der Waals surface area contributed by atoms with Gasteiger partial charge in [0.2, 0.25) is 0 Å². The van der Waals surface area contributed by atoms with Gasteiger partial charge in [0, 0.05) is 50.3 Å². The molecule has 6 rings (SSSR count). The second kappa shape index (κ2) is 9.69. The van der Waals surface area contributed by atoms with Crippen molar-refractivity contribution in [2.75, 3.05) is 5.32 Å². The van der Waals surface area contributed by atoms with E-state index >= 15 is 0 Å². The van der Waals surface area contributed by atoms with Gasteiger partial charge in [-0.15, -0.1) is 10.2 Å². The number of aromatic nitrogens is 5. The minimum atomic E-state index is -0.326. The molecule has 0 spiro atoms. The smallest absolute Gasteiger partial charge is 0.259 e. The number of nitriles is 1. The molecule has 1 atom stereocenters. The number of imidazole rings is 1. The van der Waals surface area contributed by atoms with E-state index in [4.69, 9.17) is 0 Å². The number of carbonyl (C=O) groups is 1. The van der Waals surface area contributed by atoms with Gasteiger partial charge in [-0.05, 0) is 73.8 Å². The number of anilines is 1. The summed E-state index contributed by atoms with van der Waals surface area (Å²) < 4.78 is 3.86. The van der Waals surface area contributed by atoms with Crippen LogP contribution in [0.4, 0.5) is 5.69 Å². The van der Waals surface area contributed by atoms with E-state index in [1.165, 1.54) is 12.8 Å². The number of benzene rings is 1. The van der Waals surface area contributed by atoms with Crippen molar-refractivity contribution in [1.82, 2.24) is 29.5 Å². The number of aryl methyl sites for hydroxylation is 1. The first-order valence-electron chi connectivity index (χ1n) is 13.3. The molecule has 0 radical (unpaired) electrons. The van der Waals surface area contributed by atoms with E-state index in [-0.39, 0.29) is 11.3 Å². The molecule has 0 unspecified atom stereocenters. The molecule has 1 amide bonds. The molecule has 2 aliphatic carbocycles. The largest absolute Gasteiger partial charge is 0.322 e. The Bertz CT molecular complexity index is 1520. The predicted octanol–water partition coefficient (Wildman–Crippen LogP) is 4.21. The molecule has 2 saturated carbocycles. The number of nitrogens with one attached hydrogen (secondary N) is 2. The summed E-state index contributed by atoms with van der Waals surface area (Å²) in [5.74, 6) is 1.77. The van der Waals surface area contributed by atoms with E-state index in [0.717, 1.165) is 35.7 Å². The van der Waals surface area contributed by atoms with Gasteiger partial charge in [-0.3, -0.25) is 4.79 Å². The second-order valence-electron chi connectivity index (χ2n) is 10.9. The summed E-state index contributed by atoms with van der Waals surface area (Å²) in [6.07, 6.45) is 12.1. The predicted molar refractivity (Wildman–Crippen MR) is 143 cm³/mol. The van der Waals surface area contributed by atoms with E-state index in [2.05, 4.69) is 44.9 Å². The molecule has 4 aromatic rings. The zero-order valence-corrected chi connectivity index (χ0v) is 21.8. The van der Waals surface area contributed by atoms with Crippen molar-refractivity contribution >= 4 is 17.2 Å². The van der Waals surface area contributed by atoms with Crippen LogP contribution >= 0.6 is 0 Å². The molecule has 9 nitrogen and oxygen atoms in total. The molecule has 194 valence electrons. The number of rotatable bonds is 9. The number of hydrogen-bond donors (Lipinski definition) is 2. The van der Waals surface area contributed by atoms with Gasteiger partial charge in [0.25, 0.3) is 5.91 Å². The van der Waals surface area contributed by atoms with Crippen LogP contribution in [-0.4, -0.2) is 36.1 Å². The van der Waals surface area contributed by atoms with Gasteiger partial charge >= 0.3 is 0 Å². The first-order chi connectivity index (χ1) is 18.5. The van der Waals surface area contributed by atoms with Gasteiger partial charge < -0.3 is 19.6 Å². The monoisotopic (exact) mass is 508 g/mol. The molecule has 1 aromatic carbocycles. The number of carbonyl (C=O) groups excluding carboxylic acids is 1. The van der Waals surface area contributed by atoms with Crippen LogP contribution in [0.1, 0.15) is 66.3 Å². The van der Waals surface area contributed by atoms with Crippen LogP contribution < -0.4 is 10.6 Å². The zero-order valence-electron chi connectivity index (χ0n) is 21.8. The highest BCUT2D eigenvalue weighted by Crippen LogP contribution is 2.53. The minimum Gasteiger partial charge on any atom is -0.322 e. The Labute approximate surface area is 221 Å². The van der Waals surface area contributed by atoms with Gasteiger partial charge in [-0.25, -0.2) is 4.98 Å². The quantitative estimate of drug-likeness (QED) is 0.350. The lowest BCUT2D eigenvalue weighted by molar-refractivity contribution is 0.102. The highest BCUT2D eigenvalue weighted by atomic mass is 16.1.